The van der Waals surface area contributed by atoms with Gasteiger partial charge in [0.2, 0.25) is 0 Å². The van der Waals surface area contributed by atoms with Crippen LogP contribution in [0.2, 0.25) is 0 Å². The van der Waals surface area contributed by atoms with E-state index in [1.54, 1.807) is 12.1 Å². The number of carbonyl (C=O) groups excluding carboxylic acids is 2. The first-order chi connectivity index (χ1) is 10.7. The molecule has 0 aliphatic carbocycles. The summed E-state index contributed by atoms with van der Waals surface area (Å²) >= 11 is 0. The Morgan fingerprint density at radius 3 is 2.86 bits per heavy atom. The highest BCUT2D eigenvalue weighted by molar-refractivity contribution is 5.91. The van der Waals surface area contributed by atoms with Crippen LogP contribution in [0.15, 0.2) is 22.8 Å². The van der Waals surface area contributed by atoms with E-state index in [0.717, 1.165) is 0 Å². The fraction of sp³-hybridized carbons (Fsp3) is 0.571. The van der Waals surface area contributed by atoms with Gasteiger partial charge in [-0.25, -0.2) is 4.79 Å². The highest BCUT2D eigenvalue weighted by Gasteiger charge is 2.50. The minimum Gasteiger partial charge on any atom is -0.459 e. The number of alkyl carbamates (subject to hydrolysis) is 1. The largest absolute Gasteiger partial charge is 0.459 e. The summed E-state index contributed by atoms with van der Waals surface area (Å²) in [6.07, 6.45) is -0.237. The Kier molecular flexibility index (Phi) is 4.30. The summed E-state index contributed by atoms with van der Waals surface area (Å²) in [6.45, 7) is 2.85. The molecule has 0 aromatic carbocycles. The quantitative estimate of drug-likeness (QED) is 0.829. The number of rotatable bonds is 4. The van der Waals surface area contributed by atoms with Crippen molar-refractivity contribution < 1.29 is 28.2 Å². The van der Waals surface area contributed by atoms with Crippen molar-refractivity contribution in [2.24, 2.45) is 0 Å². The summed E-state index contributed by atoms with van der Waals surface area (Å²) in [5, 5.41) is 5.37. The number of hydrogen-bond donors (Lipinski definition) is 2. The van der Waals surface area contributed by atoms with Gasteiger partial charge in [0.1, 0.15) is 12.2 Å². The lowest BCUT2D eigenvalue weighted by molar-refractivity contribution is 0.00406. The normalized spacial score (nSPS) is 29.9. The average Bonchev–Trinajstić information content (AvgIpc) is 3.19. The smallest absolute Gasteiger partial charge is 0.407 e. The predicted molar refractivity (Wildman–Crippen MR) is 73.4 cm³/mol. The maximum atomic E-state index is 12.0. The van der Waals surface area contributed by atoms with Gasteiger partial charge in [-0.15, -0.1) is 0 Å². The first-order valence-electron chi connectivity index (χ1n) is 7.21. The van der Waals surface area contributed by atoms with Crippen LogP contribution in [0.3, 0.4) is 0 Å². The second-order valence-electron chi connectivity index (χ2n) is 5.13. The van der Waals surface area contributed by atoms with E-state index in [-0.39, 0.29) is 36.5 Å². The summed E-state index contributed by atoms with van der Waals surface area (Å²) in [6, 6.07) is 2.93. The van der Waals surface area contributed by atoms with Gasteiger partial charge < -0.3 is 29.3 Å². The lowest BCUT2D eigenvalue weighted by Crippen LogP contribution is -2.44. The van der Waals surface area contributed by atoms with Crippen LogP contribution in [0.1, 0.15) is 17.5 Å². The minimum atomic E-state index is -0.497. The van der Waals surface area contributed by atoms with Gasteiger partial charge in [0.05, 0.1) is 25.5 Å². The third-order valence-corrected chi connectivity index (χ3v) is 3.65. The molecule has 2 saturated heterocycles. The Hall–Kier alpha value is -2.06. The molecule has 120 valence electrons. The Morgan fingerprint density at radius 1 is 1.32 bits per heavy atom. The number of fused-ring (bicyclic) bond motifs is 1. The van der Waals surface area contributed by atoms with Crippen molar-refractivity contribution in [3.63, 3.8) is 0 Å². The highest BCUT2D eigenvalue weighted by atomic mass is 16.6. The number of nitrogens with one attached hydrogen (secondary N) is 2. The Morgan fingerprint density at radius 2 is 2.14 bits per heavy atom. The highest BCUT2D eigenvalue weighted by Crippen LogP contribution is 2.29. The van der Waals surface area contributed by atoms with Crippen molar-refractivity contribution in [2.75, 3.05) is 19.8 Å². The maximum absolute atomic E-state index is 12.0. The van der Waals surface area contributed by atoms with Gasteiger partial charge in [0.15, 0.2) is 11.9 Å². The first-order valence-corrected chi connectivity index (χ1v) is 7.21. The van der Waals surface area contributed by atoms with Crippen molar-refractivity contribution in [1.82, 2.24) is 10.6 Å². The molecule has 0 spiro atoms. The summed E-state index contributed by atoms with van der Waals surface area (Å²) in [7, 11) is 0. The summed E-state index contributed by atoms with van der Waals surface area (Å²) in [4.78, 5) is 23.5. The second kappa shape index (κ2) is 6.37. The number of ether oxygens (including phenoxy) is 3. The number of furan rings is 1. The minimum absolute atomic E-state index is 0.233. The number of carbonyl (C=O) groups is 2. The number of hydrogen-bond acceptors (Lipinski definition) is 6. The summed E-state index contributed by atoms with van der Waals surface area (Å²) in [5.74, 6) is -0.0903. The average molecular weight is 310 g/mol. The lowest BCUT2D eigenvalue weighted by atomic mass is 10.1. The standard InChI is InChI=1S/C14H18N2O6/c1-2-15-14(18)22-10-7-21-11-8(6-20-12(10)11)16-13(17)9-4-3-5-19-9/h3-5,8,10-12H,2,6-7H2,1H3,(H,15,18)(H,16,17)/t8-,10+,11+,12+/m0/s1. The molecule has 8 heteroatoms. The van der Waals surface area contributed by atoms with Gasteiger partial charge in [-0.1, -0.05) is 0 Å². The van der Waals surface area contributed by atoms with Crippen LogP contribution >= 0.6 is 0 Å². The van der Waals surface area contributed by atoms with Gasteiger partial charge in [-0.3, -0.25) is 4.79 Å². The molecule has 0 bridgehead atoms. The van der Waals surface area contributed by atoms with E-state index in [1.807, 2.05) is 6.92 Å². The first kappa shape index (κ1) is 14.9. The van der Waals surface area contributed by atoms with Gasteiger partial charge in [0, 0.05) is 6.54 Å². The third kappa shape index (κ3) is 2.93. The van der Waals surface area contributed by atoms with E-state index in [1.165, 1.54) is 6.26 Å². The van der Waals surface area contributed by atoms with E-state index in [2.05, 4.69) is 10.6 Å². The van der Waals surface area contributed by atoms with Crippen molar-refractivity contribution >= 4 is 12.0 Å². The molecular formula is C14H18N2O6. The summed E-state index contributed by atoms with van der Waals surface area (Å²) in [5.41, 5.74) is 0. The van der Waals surface area contributed by atoms with E-state index in [9.17, 15) is 9.59 Å². The van der Waals surface area contributed by atoms with Gasteiger partial charge >= 0.3 is 6.09 Å². The van der Waals surface area contributed by atoms with Crippen LogP contribution < -0.4 is 10.6 Å². The van der Waals surface area contributed by atoms with Crippen LogP contribution in [0.4, 0.5) is 4.79 Å². The molecule has 2 fully saturated rings. The monoisotopic (exact) mass is 310 g/mol. The Labute approximate surface area is 127 Å². The van der Waals surface area contributed by atoms with Crippen molar-refractivity contribution in [2.45, 2.75) is 31.3 Å². The molecule has 2 N–H and O–H groups in total. The lowest BCUT2D eigenvalue weighted by Gasteiger charge is -2.17. The molecule has 3 rings (SSSR count). The van der Waals surface area contributed by atoms with Crippen LogP contribution in [0, 0.1) is 0 Å². The predicted octanol–water partition coefficient (Wildman–Crippen LogP) is 0.290. The van der Waals surface area contributed by atoms with E-state index in [0.29, 0.717) is 13.2 Å². The molecule has 4 atom stereocenters. The fourth-order valence-electron chi connectivity index (χ4n) is 2.66. The molecular weight excluding hydrogens is 292 g/mol. The second-order valence-corrected chi connectivity index (χ2v) is 5.13. The molecule has 8 nitrogen and oxygen atoms in total. The molecule has 2 aliphatic heterocycles. The molecule has 22 heavy (non-hydrogen) atoms. The third-order valence-electron chi connectivity index (χ3n) is 3.65. The Balaban J connectivity index is 1.56. The van der Waals surface area contributed by atoms with Crippen molar-refractivity contribution in [3.05, 3.63) is 24.2 Å². The van der Waals surface area contributed by atoms with Crippen molar-refractivity contribution in [1.29, 1.82) is 0 Å². The van der Waals surface area contributed by atoms with E-state index in [4.69, 9.17) is 18.6 Å². The molecule has 2 aliphatic rings. The maximum Gasteiger partial charge on any atom is 0.407 e. The van der Waals surface area contributed by atoms with E-state index >= 15 is 0 Å². The zero-order valence-electron chi connectivity index (χ0n) is 12.1. The fourth-order valence-corrected chi connectivity index (χ4v) is 2.66. The molecule has 0 saturated carbocycles. The zero-order valence-corrected chi connectivity index (χ0v) is 12.1. The van der Waals surface area contributed by atoms with Crippen LogP contribution in [-0.4, -0.2) is 56.1 Å². The molecule has 1 aromatic heterocycles. The molecule has 2 amide bonds. The Bertz CT molecular complexity index is 531. The van der Waals surface area contributed by atoms with Crippen molar-refractivity contribution in [3.8, 4) is 0 Å². The molecule has 3 heterocycles. The van der Waals surface area contributed by atoms with Gasteiger partial charge in [-0.05, 0) is 19.1 Å². The SMILES string of the molecule is CCNC(=O)O[C@@H]1CO[C@H]2[C@@H]1OC[C@@H]2NC(=O)c1ccco1. The zero-order chi connectivity index (χ0) is 15.5. The van der Waals surface area contributed by atoms with Crippen LogP contribution in [0.25, 0.3) is 0 Å². The summed E-state index contributed by atoms with van der Waals surface area (Å²) < 4.78 is 21.6. The van der Waals surface area contributed by atoms with Crippen LogP contribution in [0.5, 0.6) is 0 Å². The molecule has 0 radical (unpaired) electrons. The van der Waals surface area contributed by atoms with E-state index < -0.39 is 12.2 Å². The van der Waals surface area contributed by atoms with Gasteiger partial charge in [-0.2, -0.15) is 0 Å². The van der Waals surface area contributed by atoms with Crippen LogP contribution in [-0.2, 0) is 14.2 Å². The molecule has 1 aromatic rings. The molecule has 0 unspecified atom stereocenters. The van der Waals surface area contributed by atoms with Gasteiger partial charge in [0.25, 0.3) is 5.91 Å². The number of amides is 2. The topological polar surface area (TPSA) is 99.0 Å².